The van der Waals surface area contributed by atoms with Gasteiger partial charge in [-0.25, -0.2) is 0 Å². The fourth-order valence-corrected chi connectivity index (χ4v) is 3.80. The number of rotatable bonds is 6. The van der Waals surface area contributed by atoms with Crippen molar-refractivity contribution in [2.45, 2.75) is 56.9 Å². The van der Waals surface area contributed by atoms with Gasteiger partial charge in [-0.15, -0.1) is 0 Å². The Hall–Kier alpha value is -1.35. The molecule has 22 heavy (non-hydrogen) atoms. The Morgan fingerprint density at radius 3 is 2.55 bits per heavy atom. The smallest absolute Gasteiger partial charge is 0.220 e. The second kappa shape index (κ2) is 7.28. The molecule has 1 saturated heterocycles. The van der Waals surface area contributed by atoms with Crippen LogP contribution in [-0.4, -0.2) is 24.5 Å². The van der Waals surface area contributed by atoms with Gasteiger partial charge in [-0.2, -0.15) is 0 Å². The molecule has 0 bridgehead atoms. The lowest BCUT2D eigenvalue weighted by atomic mass is 9.72. The number of hydrogen-bond donors (Lipinski definition) is 2. The molecule has 0 unspecified atom stereocenters. The zero-order valence-electron chi connectivity index (χ0n) is 13.4. The normalized spacial score (nSPS) is 21.1. The lowest BCUT2D eigenvalue weighted by Crippen LogP contribution is -2.55. The van der Waals surface area contributed by atoms with Crippen molar-refractivity contribution in [1.29, 1.82) is 0 Å². The van der Waals surface area contributed by atoms with Gasteiger partial charge in [0.15, 0.2) is 0 Å². The Bertz CT molecular complexity index is 475. The molecule has 0 atom stereocenters. The summed E-state index contributed by atoms with van der Waals surface area (Å²) in [6.07, 6.45) is 8.66. The minimum Gasteiger partial charge on any atom is -0.350 e. The first-order valence-corrected chi connectivity index (χ1v) is 8.81. The standard InChI is InChI=1S/C19H28N2O/c22-18(8-7-16-9-13-20-14-10-16)21-19(11-4-12-19)15-17-5-2-1-3-6-17/h1-3,5-6,16,20H,4,7-15H2,(H,21,22). The predicted octanol–water partition coefficient (Wildman–Crippen LogP) is 3.05. The second-order valence-corrected chi connectivity index (χ2v) is 7.08. The highest BCUT2D eigenvalue weighted by molar-refractivity contribution is 5.77. The number of carbonyl (C=O) groups is 1. The molecule has 3 nitrogen and oxygen atoms in total. The third-order valence-corrected chi connectivity index (χ3v) is 5.34. The van der Waals surface area contributed by atoms with Crippen molar-refractivity contribution < 1.29 is 4.79 Å². The van der Waals surface area contributed by atoms with Gasteiger partial charge >= 0.3 is 0 Å². The van der Waals surface area contributed by atoms with Crippen molar-refractivity contribution >= 4 is 5.91 Å². The molecule has 1 saturated carbocycles. The summed E-state index contributed by atoms with van der Waals surface area (Å²) in [5.41, 5.74) is 1.37. The summed E-state index contributed by atoms with van der Waals surface area (Å²) in [7, 11) is 0. The molecule has 120 valence electrons. The van der Waals surface area contributed by atoms with Gasteiger partial charge in [0.2, 0.25) is 5.91 Å². The van der Waals surface area contributed by atoms with Crippen molar-refractivity contribution in [3.8, 4) is 0 Å². The summed E-state index contributed by atoms with van der Waals surface area (Å²) < 4.78 is 0. The van der Waals surface area contributed by atoms with Crippen LogP contribution >= 0.6 is 0 Å². The van der Waals surface area contributed by atoms with Crippen molar-refractivity contribution in [3.05, 3.63) is 35.9 Å². The number of benzene rings is 1. The van der Waals surface area contributed by atoms with Gasteiger partial charge in [0, 0.05) is 12.0 Å². The van der Waals surface area contributed by atoms with Crippen LogP contribution in [0.3, 0.4) is 0 Å². The highest BCUT2D eigenvalue weighted by Crippen LogP contribution is 2.35. The van der Waals surface area contributed by atoms with Gasteiger partial charge in [-0.05, 0) is 69.5 Å². The molecule has 2 aliphatic rings. The van der Waals surface area contributed by atoms with Crippen LogP contribution in [0.5, 0.6) is 0 Å². The number of hydrogen-bond acceptors (Lipinski definition) is 2. The van der Waals surface area contributed by atoms with Gasteiger partial charge in [-0.1, -0.05) is 30.3 Å². The summed E-state index contributed by atoms with van der Waals surface area (Å²) >= 11 is 0. The Labute approximate surface area is 133 Å². The zero-order valence-corrected chi connectivity index (χ0v) is 13.4. The van der Waals surface area contributed by atoms with E-state index in [0.29, 0.717) is 6.42 Å². The van der Waals surface area contributed by atoms with Gasteiger partial charge in [0.05, 0.1) is 0 Å². The van der Waals surface area contributed by atoms with Gasteiger partial charge in [0.25, 0.3) is 0 Å². The van der Waals surface area contributed by atoms with E-state index >= 15 is 0 Å². The summed E-state index contributed by atoms with van der Waals surface area (Å²) in [5, 5.41) is 6.75. The fraction of sp³-hybridized carbons (Fsp3) is 0.632. The van der Waals surface area contributed by atoms with Crippen molar-refractivity contribution in [2.75, 3.05) is 13.1 Å². The van der Waals surface area contributed by atoms with E-state index < -0.39 is 0 Å². The molecule has 0 radical (unpaired) electrons. The molecule has 0 aromatic heterocycles. The molecule has 2 N–H and O–H groups in total. The van der Waals surface area contributed by atoms with E-state index in [1.54, 1.807) is 0 Å². The second-order valence-electron chi connectivity index (χ2n) is 7.08. The summed E-state index contributed by atoms with van der Waals surface area (Å²) in [4.78, 5) is 12.4. The van der Waals surface area contributed by atoms with Crippen LogP contribution in [0.25, 0.3) is 0 Å². The number of amides is 1. The molecule has 1 heterocycles. The molecule has 3 heteroatoms. The molecular weight excluding hydrogens is 272 g/mol. The molecule has 2 fully saturated rings. The molecule has 1 aromatic carbocycles. The van der Waals surface area contributed by atoms with E-state index in [1.807, 2.05) is 0 Å². The van der Waals surface area contributed by atoms with Crippen molar-refractivity contribution in [3.63, 3.8) is 0 Å². The fourth-order valence-electron chi connectivity index (χ4n) is 3.80. The first kappa shape index (κ1) is 15.5. The monoisotopic (exact) mass is 300 g/mol. The van der Waals surface area contributed by atoms with E-state index in [0.717, 1.165) is 44.7 Å². The molecule has 1 amide bonds. The van der Waals surface area contributed by atoms with E-state index in [1.165, 1.54) is 24.8 Å². The van der Waals surface area contributed by atoms with Gasteiger partial charge in [0.1, 0.15) is 0 Å². The molecule has 0 spiro atoms. The van der Waals surface area contributed by atoms with Crippen LogP contribution < -0.4 is 10.6 Å². The number of piperidine rings is 1. The predicted molar refractivity (Wildman–Crippen MR) is 89.7 cm³/mol. The highest BCUT2D eigenvalue weighted by atomic mass is 16.1. The lowest BCUT2D eigenvalue weighted by molar-refractivity contribution is -0.124. The maximum absolute atomic E-state index is 12.4. The van der Waals surface area contributed by atoms with E-state index in [9.17, 15) is 4.79 Å². The van der Waals surface area contributed by atoms with Crippen LogP contribution in [0.4, 0.5) is 0 Å². The quantitative estimate of drug-likeness (QED) is 0.848. The first-order chi connectivity index (χ1) is 10.8. The largest absolute Gasteiger partial charge is 0.350 e. The summed E-state index contributed by atoms with van der Waals surface area (Å²) in [6, 6.07) is 10.6. The van der Waals surface area contributed by atoms with Crippen LogP contribution in [0.1, 0.15) is 50.5 Å². The minimum atomic E-state index is 0.0343. The number of nitrogens with one attached hydrogen (secondary N) is 2. The number of carbonyl (C=O) groups excluding carboxylic acids is 1. The zero-order chi connectivity index (χ0) is 15.3. The lowest BCUT2D eigenvalue weighted by Gasteiger charge is -2.43. The average Bonchev–Trinajstić information content (AvgIpc) is 2.53. The van der Waals surface area contributed by atoms with E-state index in [4.69, 9.17) is 0 Å². The Morgan fingerprint density at radius 2 is 1.91 bits per heavy atom. The van der Waals surface area contributed by atoms with Crippen LogP contribution in [0.15, 0.2) is 30.3 Å². The van der Waals surface area contributed by atoms with Crippen LogP contribution in [0, 0.1) is 5.92 Å². The van der Waals surface area contributed by atoms with Crippen molar-refractivity contribution in [1.82, 2.24) is 10.6 Å². The molecule has 1 aromatic rings. The highest BCUT2D eigenvalue weighted by Gasteiger charge is 2.38. The molecular formula is C19H28N2O. The SMILES string of the molecule is O=C(CCC1CCNCC1)NC1(Cc2ccccc2)CCC1. The Kier molecular flexibility index (Phi) is 5.14. The minimum absolute atomic E-state index is 0.0343. The maximum Gasteiger partial charge on any atom is 0.220 e. The third kappa shape index (κ3) is 4.10. The molecule has 1 aliphatic carbocycles. The van der Waals surface area contributed by atoms with E-state index in [2.05, 4.69) is 41.0 Å². The maximum atomic E-state index is 12.4. The summed E-state index contributed by atoms with van der Waals surface area (Å²) in [6.45, 7) is 2.23. The molecule has 1 aliphatic heterocycles. The van der Waals surface area contributed by atoms with Crippen LogP contribution in [0.2, 0.25) is 0 Å². The first-order valence-electron chi connectivity index (χ1n) is 8.81. The van der Waals surface area contributed by atoms with Crippen molar-refractivity contribution in [2.24, 2.45) is 5.92 Å². The molecule has 3 rings (SSSR count). The Morgan fingerprint density at radius 1 is 1.18 bits per heavy atom. The van der Waals surface area contributed by atoms with Gasteiger partial charge in [-0.3, -0.25) is 4.79 Å². The van der Waals surface area contributed by atoms with Crippen LogP contribution in [-0.2, 0) is 11.2 Å². The third-order valence-electron chi connectivity index (χ3n) is 5.34. The summed E-state index contributed by atoms with van der Waals surface area (Å²) in [5.74, 6) is 0.993. The van der Waals surface area contributed by atoms with E-state index in [-0.39, 0.29) is 11.4 Å². The topological polar surface area (TPSA) is 41.1 Å². The average molecular weight is 300 g/mol. The Balaban J connectivity index is 1.48. The van der Waals surface area contributed by atoms with Gasteiger partial charge < -0.3 is 10.6 Å².